The summed E-state index contributed by atoms with van der Waals surface area (Å²) in [6.45, 7) is 1.66. The predicted molar refractivity (Wildman–Crippen MR) is 52.0 cm³/mol. The number of rotatable bonds is 3. The van der Waals surface area contributed by atoms with Crippen LogP contribution in [0.1, 0.15) is 25.7 Å². The molecule has 0 amide bonds. The Balaban J connectivity index is 2.37. The highest BCUT2D eigenvalue weighted by molar-refractivity contribution is 5.66. The van der Waals surface area contributed by atoms with Gasteiger partial charge in [-0.05, 0) is 38.8 Å². The molecule has 1 heterocycles. The van der Waals surface area contributed by atoms with Crippen LogP contribution < -0.4 is 0 Å². The molecule has 0 bridgehead atoms. The summed E-state index contributed by atoms with van der Waals surface area (Å²) in [6.07, 6.45) is 1.07. The van der Waals surface area contributed by atoms with E-state index in [2.05, 4.69) is 4.90 Å². The third kappa shape index (κ3) is 3.62. The Hall–Kier alpha value is -0.640. The van der Waals surface area contributed by atoms with Crippen molar-refractivity contribution in [2.75, 3.05) is 20.1 Å². The summed E-state index contributed by atoms with van der Waals surface area (Å²) in [5.74, 6) is -0.883. The van der Waals surface area contributed by atoms with Crippen molar-refractivity contribution in [2.45, 2.75) is 31.9 Å². The molecule has 14 heavy (non-hydrogen) atoms. The third-order valence-corrected chi connectivity index (χ3v) is 2.91. The first kappa shape index (κ1) is 11.4. The minimum absolute atomic E-state index is 0.0592. The van der Waals surface area contributed by atoms with Crippen molar-refractivity contribution in [3.05, 3.63) is 0 Å². The van der Waals surface area contributed by atoms with Crippen LogP contribution in [0.4, 0.5) is 4.39 Å². The molecule has 3 nitrogen and oxygen atoms in total. The molecule has 0 aromatic heterocycles. The lowest BCUT2D eigenvalue weighted by molar-refractivity contribution is -0.137. The Bertz CT molecular complexity index is 199. The second-order valence-electron chi connectivity index (χ2n) is 4.09. The van der Waals surface area contributed by atoms with E-state index in [-0.39, 0.29) is 12.3 Å². The number of carbonyl (C=O) groups is 1. The number of hydrogen-bond donors (Lipinski definition) is 1. The second-order valence-corrected chi connectivity index (χ2v) is 4.09. The number of aliphatic carboxylic acids is 1. The summed E-state index contributed by atoms with van der Waals surface area (Å²) in [5, 5.41) is 8.52. The van der Waals surface area contributed by atoms with Crippen LogP contribution in [-0.2, 0) is 4.79 Å². The summed E-state index contributed by atoms with van der Waals surface area (Å²) in [4.78, 5) is 12.5. The van der Waals surface area contributed by atoms with E-state index < -0.39 is 12.1 Å². The van der Waals surface area contributed by atoms with E-state index in [4.69, 9.17) is 5.11 Å². The lowest BCUT2D eigenvalue weighted by Gasteiger charge is -2.16. The lowest BCUT2D eigenvalue weighted by atomic mass is 9.93. The van der Waals surface area contributed by atoms with Gasteiger partial charge in [0, 0.05) is 13.0 Å². The van der Waals surface area contributed by atoms with Crippen molar-refractivity contribution < 1.29 is 14.3 Å². The Labute approximate surface area is 83.9 Å². The van der Waals surface area contributed by atoms with E-state index in [0.717, 1.165) is 19.5 Å². The average Bonchev–Trinajstić information content (AvgIpc) is 2.27. The van der Waals surface area contributed by atoms with E-state index >= 15 is 0 Å². The molecule has 1 saturated heterocycles. The molecular formula is C10H18FNO2. The number of hydrogen-bond acceptors (Lipinski definition) is 2. The van der Waals surface area contributed by atoms with Gasteiger partial charge in [0.05, 0.1) is 0 Å². The van der Waals surface area contributed by atoms with Crippen molar-refractivity contribution >= 4 is 5.97 Å². The highest BCUT2D eigenvalue weighted by Crippen LogP contribution is 2.24. The van der Waals surface area contributed by atoms with Crippen LogP contribution in [0, 0.1) is 5.92 Å². The summed E-state index contributed by atoms with van der Waals surface area (Å²) >= 11 is 0. The number of carboxylic acids is 1. The quantitative estimate of drug-likeness (QED) is 0.756. The first-order valence-corrected chi connectivity index (χ1v) is 5.14. The maximum atomic E-state index is 13.5. The van der Waals surface area contributed by atoms with Crippen molar-refractivity contribution in [1.82, 2.24) is 4.90 Å². The lowest BCUT2D eigenvalue weighted by Crippen LogP contribution is -2.18. The van der Waals surface area contributed by atoms with Gasteiger partial charge in [0.1, 0.15) is 6.17 Å². The Morgan fingerprint density at radius 2 is 2.14 bits per heavy atom. The summed E-state index contributed by atoms with van der Waals surface area (Å²) in [7, 11) is 1.98. The maximum absolute atomic E-state index is 13.5. The molecule has 0 aliphatic carbocycles. The third-order valence-electron chi connectivity index (χ3n) is 2.91. The number of carboxylic acid groups (broad SMARTS) is 1. The van der Waals surface area contributed by atoms with Crippen molar-refractivity contribution in [2.24, 2.45) is 5.92 Å². The fourth-order valence-electron chi connectivity index (χ4n) is 1.89. The number of likely N-dealkylation sites (tertiary alicyclic amines) is 1. The Morgan fingerprint density at radius 1 is 1.50 bits per heavy atom. The van der Waals surface area contributed by atoms with Gasteiger partial charge in [-0.2, -0.15) is 0 Å². The fourth-order valence-corrected chi connectivity index (χ4v) is 1.89. The second kappa shape index (κ2) is 5.29. The average molecular weight is 203 g/mol. The molecule has 0 aromatic carbocycles. The molecule has 0 spiro atoms. The van der Waals surface area contributed by atoms with E-state index in [1.165, 1.54) is 0 Å². The maximum Gasteiger partial charge on any atom is 0.303 e. The smallest absolute Gasteiger partial charge is 0.303 e. The molecule has 4 heteroatoms. The summed E-state index contributed by atoms with van der Waals surface area (Å²) < 4.78 is 13.5. The van der Waals surface area contributed by atoms with E-state index in [9.17, 15) is 9.18 Å². The molecule has 0 radical (unpaired) electrons. The van der Waals surface area contributed by atoms with E-state index in [1.807, 2.05) is 7.05 Å². The molecular weight excluding hydrogens is 185 g/mol. The number of alkyl halides is 1. The van der Waals surface area contributed by atoms with E-state index in [0.29, 0.717) is 12.8 Å². The zero-order valence-corrected chi connectivity index (χ0v) is 8.58. The summed E-state index contributed by atoms with van der Waals surface area (Å²) in [5.41, 5.74) is 0. The van der Waals surface area contributed by atoms with Gasteiger partial charge < -0.3 is 10.0 Å². The molecule has 1 aliphatic rings. The van der Waals surface area contributed by atoms with Gasteiger partial charge in [-0.25, -0.2) is 4.39 Å². The van der Waals surface area contributed by atoms with Gasteiger partial charge >= 0.3 is 5.97 Å². The van der Waals surface area contributed by atoms with Gasteiger partial charge in [-0.1, -0.05) is 0 Å². The molecule has 1 N–H and O–H groups in total. The molecule has 1 rings (SSSR count). The number of nitrogens with zero attached hydrogens (tertiary/aromatic N) is 1. The van der Waals surface area contributed by atoms with Crippen LogP contribution in [0.15, 0.2) is 0 Å². The summed E-state index contributed by atoms with van der Waals surface area (Å²) in [6, 6.07) is 0. The first-order chi connectivity index (χ1) is 6.59. The zero-order valence-electron chi connectivity index (χ0n) is 8.58. The topological polar surface area (TPSA) is 40.5 Å². The van der Waals surface area contributed by atoms with Crippen LogP contribution in [0.2, 0.25) is 0 Å². The Morgan fingerprint density at radius 3 is 2.79 bits per heavy atom. The van der Waals surface area contributed by atoms with Gasteiger partial charge in [0.15, 0.2) is 0 Å². The fraction of sp³-hybridized carbons (Fsp3) is 0.900. The van der Waals surface area contributed by atoms with Gasteiger partial charge in [-0.3, -0.25) is 4.79 Å². The molecule has 1 fully saturated rings. The van der Waals surface area contributed by atoms with Gasteiger partial charge in [0.25, 0.3) is 0 Å². The van der Waals surface area contributed by atoms with Crippen molar-refractivity contribution in [3.63, 3.8) is 0 Å². The largest absolute Gasteiger partial charge is 0.481 e. The SMILES string of the molecule is CN1CC[C@@H](CCC(=O)O)[C@H](F)CC1. The standard InChI is InChI=1S/C10H18FNO2/c1-12-6-4-8(2-3-10(13)14)9(11)5-7-12/h8-9H,2-7H2,1H3,(H,13,14)/t8-,9-/m1/s1. The molecule has 0 unspecified atom stereocenters. The van der Waals surface area contributed by atoms with Crippen LogP contribution >= 0.6 is 0 Å². The zero-order chi connectivity index (χ0) is 10.6. The first-order valence-electron chi connectivity index (χ1n) is 5.14. The number of halogens is 1. The van der Waals surface area contributed by atoms with Gasteiger partial charge in [-0.15, -0.1) is 0 Å². The normalized spacial score (nSPS) is 29.9. The van der Waals surface area contributed by atoms with Crippen LogP contribution in [-0.4, -0.2) is 42.3 Å². The molecule has 82 valence electrons. The van der Waals surface area contributed by atoms with Crippen LogP contribution in [0.25, 0.3) is 0 Å². The van der Waals surface area contributed by atoms with E-state index in [1.54, 1.807) is 0 Å². The highest BCUT2D eigenvalue weighted by Gasteiger charge is 2.25. The highest BCUT2D eigenvalue weighted by atomic mass is 19.1. The molecule has 2 atom stereocenters. The monoisotopic (exact) mass is 203 g/mol. The molecule has 0 aromatic rings. The Kier molecular flexibility index (Phi) is 4.32. The molecule has 0 saturated carbocycles. The van der Waals surface area contributed by atoms with Crippen LogP contribution in [0.3, 0.4) is 0 Å². The molecule has 1 aliphatic heterocycles. The minimum atomic E-state index is -0.824. The van der Waals surface area contributed by atoms with Crippen molar-refractivity contribution in [3.8, 4) is 0 Å². The van der Waals surface area contributed by atoms with Gasteiger partial charge in [0.2, 0.25) is 0 Å². The van der Waals surface area contributed by atoms with Crippen LogP contribution in [0.5, 0.6) is 0 Å². The van der Waals surface area contributed by atoms with Crippen molar-refractivity contribution in [1.29, 1.82) is 0 Å². The minimum Gasteiger partial charge on any atom is -0.481 e. The predicted octanol–water partition coefficient (Wildman–Crippen LogP) is 1.53.